The molecule has 0 saturated heterocycles. The Hall–Kier alpha value is -3.39. The lowest BCUT2D eigenvalue weighted by Gasteiger charge is -2.33. The van der Waals surface area contributed by atoms with Crippen molar-refractivity contribution in [2.45, 2.75) is 24.7 Å². The van der Waals surface area contributed by atoms with E-state index < -0.39 is 5.92 Å². The van der Waals surface area contributed by atoms with E-state index in [1.54, 1.807) is 18.5 Å². The molecule has 1 aromatic heterocycles. The van der Waals surface area contributed by atoms with Crippen molar-refractivity contribution in [1.29, 1.82) is 5.26 Å². The van der Waals surface area contributed by atoms with Crippen LogP contribution in [0.4, 0.5) is 0 Å². The number of ether oxygens (including phenoxy) is 1. The SMILES string of the molecule is N#CC1=C(N)OC2=C(C(=O)C[C@@H](c3ccccc3)C2)[C@@H]1c1cccnc1. The first-order valence-electron chi connectivity index (χ1n) is 8.47. The lowest BCUT2D eigenvalue weighted by molar-refractivity contribution is -0.117. The van der Waals surface area contributed by atoms with Crippen molar-refractivity contribution in [3.63, 3.8) is 0 Å². The van der Waals surface area contributed by atoms with Crippen LogP contribution in [0.25, 0.3) is 0 Å². The number of ketones is 1. The number of Topliss-reactive ketones (excluding diaryl/α,β-unsaturated/α-hetero) is 1. The van der Waals surface area contributed by atoms with E-state index in [0.29, 0.717) is 24.2 Å². The van der Waals surface area contributed by atoms with E-state index in [4.69, 9.17) is 10.5 Å². The van der Waals surface area contributed by atoms with Gasteiger partial charge in [-0.1, -0.05) is 36.4 Å². The van der Waals surface area contributed by atoms with Crippen molar-refractivity contribution in [3.8, 4) is 6.07 Å². The third-order valence-corrected chi connectivity index (χ3v) is 4.95. The Bertz CT molecular complexity index is 956. The van der Waals surface area contributed by atoms with Crippen molar-refractivity contribution in [2.75, 3.05) is 0 Å². The van der Waals surface area contributed by atoms with Crippen LogP contribution in [0.1, 0.15) is 35.8 Å². The molecule has 0 fully saturated rings. The van der Waals surface area contributed by atoms with Crippen molar-refractivity contribution in [1.82, 2.24) is 4.98 Å². The molecule has 1 aliphatic carbocycles. The molecule has 1 aromatic carbocycles. The minimum Gasteiger partial charge on any atom is -0.444 e. The van der Waals surface area contributed by atoms with Gasteiger partial charge in [-0.05, 0) is 23.1 Å². The van der Waals surface area contributed by atoms with E-state index in [2.05, 4.69) is 11.1 Å². The molecule has 0 amide bonds. The van der Waals surface area contributed by atoms with Gasteiger partial charge in [0.05, 0.1) is 5.92 Å². The van der Waals surface area contributed by atoms with Crippen LogP contribution in [0.2, 0.25) is 0 Å². The summed E-state index contributed by atoms with van der Waals surface area (Å²) >= 11 is 0. The normalized spacial score (nSPS) is 22.5. The summed E-state index contributed by atoms with van der Waals surface area (Å²) in [6, 6.07) is 15.7. The van der Waals surface area contributed by atoms with Gasteiger partial charge >= 0.3 is 0 Å². The number of hydrogen-bond donors (Lipinski definition) is 1. The van der Waals surface area contributed by atoms with Crippen LogP contribution in [0.15, 0.2) is 77.6 Å². The molecule has 5 heteroatoms. The maximum absolute atomic E-state index is 13.0. The molecule has 4 rings (SSSR count). The summed E-state index contributed by atoms with van der Waals surface area (Å²) in [4.78, 5) is 17.2. The van der Waals surface area contributed by atoms with E-state index >= 15 is 0 Å². The number of nitriles is 1. The zero-order valence-corrected chi connectivity index (χ0v) is 14.1. The van der Waals surface area contributed by atoms with Gasteiger partial charge < -0.3 is 10.5 Å². The average molecular weight is 343 g/mol. The van der Waals surface area contributed by atoms with Crippen molar-refractivity contribution in [2.24, 2.45) is 5.73 Å². The first-order chi connectivity index (χ1) is 12.7. The third kappa shape index (κ3) is 2.66. The van der Waals surface area contributed by atoms with Crippen LogP contribution >= 0.6 is 0 Å². The Kier molecular flexibility index (Phi) is 4.02. The maximum Gasteiger partial charge on any atom is 0.205 e. The molecular weight excluding hydrogens is 326 g/mol. The van der Waals surface area contributed by atoms with Crippen molar-refractivity contribution >= 4 is 5.78 Å². The molecule has 0 unspecified atom stereocenters. The average Bonchev–Trinajstić information content (AvgIpc) is 2.68. The number of carbonyl (C=O) groups is 1. The van der Waals surface area contributed by atoms with Crippen molar-refractivity contribution in [3.05, 3.63) is 88.8 Å². The molecule has 5 nitrogen and oxygen atoms in total. The maximum atomic E-state index is 13.0. The molecule has 0 saturated carbocycles. The van der Waals surface area contributed by atoms with Gasteiger partial charge in [-0.15, -0.1) is 0 Å². The van der Waals surface area contributed by atoms with Gasteiger partial charge in [0.25, 0.3) is 0 Å². The number of allylic oxidation sites excluding steroid dienone is 3. The lowest BCUT2D eigenvalue weighted by Crippen LogP contribution is -2.29. The van der Waals surface area contributed by atoms with Gasteiger partial charge in [0, 0.05) is 30.8 Å². The van der Waals surface area contributed by atoms with Gasteiger partial charge in [0.15, 0.2) is 5.78 Å². The summed E-state index contributed by atoms with van der Waals surface area (Å²) in [6.07, 6.45) is 4.30. The Morgan fingerprint density at radius 1 is 1.12 bits per heavy atom. The fraction of sp³-hybridized carbons (Fsp3) is 0.190. The minimum absolute atomic E-state index is 0.00536. The number of hydrogen-bond acceptors (Lipinski definition) is 5. The van der Waals surface area contributed by atoms with Gasteiger partial charge in [-0.3, -0.25) is 9.78 Å². The van der Waals surface area contributed by atoms with E-state index in [1.807, 2.05) is 36.4 Å². The standard InChI is InChI=1S/C21H17N3O2/c22-11-16-19(14-7-4-8-24-12-14)20-17(25)9-15(10-18(20)26-21(16)23)13-5-2-1-3-6-13/h1-8,12,15,19H,9-10,23H2/t15-,19-/m1/s1. The molecule has 1 aliphatic heterocycles. The minimum atomic E-state index is -0.512. The summed E-state index contributed by atoms with van der Waals surface area (Å²) in [6.45, 7) is 0. The van der Waals surface area contributed by atoms with E-state index in [1.165, 1.54) is 0 Å². The highest BCUT2D eigenvalue weighted by molar-refractivity contribution is 6.00. The Morgan fingerprint density at radius 2 is 1.88 bits per heavy atom. The van der Waals surface area contributed by atoms with E-state index in [0.717, 1.165) is 11.1 Å². The van der Waals surface area contributed by atoms with Crippen molar-refractivity contribution < 1.29 is 9.53 Å². The second-order valence-corrected chi connectivity index (χ2v) is 6.49. The smallest absolute Gasteiger partial charge is 0.205 e. The molecule has 0 radical (unpaired) electrons. The molecule has 2 aromatic rings. The van der Waals surface area contributed by atoms with E-state index in [-0.39, 0.29) is 23.2 Å². The summed E-state index contributed by atoms with van der Waals surface area (Å²) < 4.78 is 5.74. The number of benzene rings is 1. The van der Waals surface area contributed by atoms with Gasteiger partial charge in [0.1, 0.15) is 17.4 Å². The first kappa shape index (κ1) is 16.1. The quantitative estimate of drug-likeness (QED) is 0.904. The van der Waals surface area contributed by atoms with Crippen LogP contribution in [-0.4, -0.2) is 10.8 Å². The Labute approximate surface area is 151 Å². The Morgan fingerprint density at radius 3 is 2.58 bits per heavy atom. The molecule has 26 heavy (non-hydrogen) atoms. The zero-order chi connectivity index (χ0) is 18.1. The highest BCUT2D eigenvalue weighted by atomic mass is 16.5. The number of pyridine rings is 1. The van der Waals surface area contributed by atoms with Crippen LogP contribution in [0, 0.1) is 11.3 Å². The predicted octanol–water partition coefficient (Wildman–Crippen LogP) is 3.29. The second kappa shape index (κ2) is 6.49. The fourth-order valence-electron chi connectivity index (χ4n) is 3.75. The largest absolute Gasteiger partial charge is 0.444 e. The van der Waals surface area contributed by atoms with Crippen LogP contribution < -0.4 is 5.73 Å². The number of carbonyl (C=O) groups excluding carboxylic acids is 1. The number of nitrogens with two attached hydrogens (primary N) is 1. The molecular formula is C21H17N3O2. The number of aromatic nitrogens is 1. The van der Waals surface area contributed by atoms with Crippen LogP contribution in [0.5, 0.6) is 0 Å². The predicted molar refractivity (Wildman–Crippen MR) is 95.3 cm³/mol. The summed E-state index contributed by atoms with van der Waals surface area (Å²) in [5.41, 5.74) is 8.70. The van der Waals surface area contributed by atoms with Gasteiger partial charge in [-0.2, -0.15) is 5.26 Å². The monoisotopic (exact) mass is 343 g/mol. The lowest BCUT2D eigenvalue weighted by atomic mass is 9.74. The molecule has 2 N–H and O–H groups in total. The molecule has 0 bridgehead atoms. The first-order valence-corrected chi connectivity index (χ1v) is 8.47. The zero-order valence-electron chi connectivity index (χ0n) is 14.1. The summed E-state index contributed by atoms with van der Waals surface area (Å²) in [5, 5.41) is 9.58. The highest BCUT2D eigenvalue weighted by Crippen LogP contribution is 2.46. The van der Waals surface area contributed by atoms with Crippen LogP contribution in [-0.2, 0) is 9.53 Å². The highest BCUT2D eigenvalue weighted by Gasteiger charge is 2.40. The molecule has 2 aliphatic rings. The van der Waals surface area contributed by atoms with Gasteiger partial charge in [0.2, 0.25) is 5.88 Å². The number of nitrogens with zero attached hydrogens (tertiary/aromatic N) is 2. The third-order valence-electron chi connectivity index (χ3n) is 4.95. The topological polar surface area (TPSA) is 89.0 Å². The molecule has 0 spiro atoms. The fourth-order valence-corrected chi connectivity index (χ4v) is 3.75. The Balaban J connectivity index is 1.79. The molecule has 128 valence electrons. The second-order valence-electron chi connectivity index (χ2n) is 6.49. The molecule has 2 heterocycles. The summed E-state index contributed by atoms with van der Waals surface area (Å²) in [5.74, 6) is 0.173. The van der Waals surface area contributed by atoms with E-state index in [9.17, 15) is 10.1 Å². The van der Waals surface area contributed by atoms with Crippen LogP contribution in [0.3, 0.4) is 0 Å². The molecule has 2 atom stereocenters. The summed E-state index contributed by atoms with van der Waals surface area (Å²) in [7, 11) is 0. The van der Waals surface area contributed by atoms with Gasteiger partial charge in [-0.25, -0.2) is 0 Å². The number of rotatable bonds is 2.